The fourth-order valence-corrected chi connectivity index (χ4v) is 19.3. The lowest BCUT2D eigenvalue weighted by Gasteiger charge is -2.55. The van der Waals surface area contributed by atoms with E-state index in [9.17, 15) is 0 Å². The maximum absolute atomic E-state index is 2.82. The van der Waals surface area contributed by atoms with Crippen LogP contribution in [-0.4, -0.2) is 139 Å². The Morgan fingerprint density at radius 1 is 0.342 bits per heavy atom. The molecule has 0 radical (unpaired) electrons. The van der Waals surface area contributed by atoms with Crippen LogP contribution in [0, 0.1) is 59.2 Å². The molecule has 12 rings (SSSR count). The summed E-state index contributed by atoms with van der Waals surface area (Å²) >= 11 is 0. The van der Waals surface area contributed by atoms with E-state index in [1.807, 2.05) is 0 Å². The van der Waals surface area contributed by atoms with Gasteiger partial charge in [0.05, 0.1) is 0 Å². The molecule has 2 unspecified atom stereocenters. The molecule has 4 saturated carbocycles. The molecule has 0 aromatic carbocycles. The first-order valence-corrected chi connectivity index (χ1v) is 34.2. The van der Waals surface area contributed by atoms with Gasteiger partial charge in [0.2, 0.25) is 0 Å². The van der Waals surface area contributed by atoms with E-state index < -0.39 is 0 Å². The summed E-state index contributed by atoms with van der Waals surface area (Å²) in [6.07, 6.45) is 26.3. The van der Waals surface area contributed by atoms with E-state index in [-0.39, 0.29) is 0 Å². The number of likely N-dealkylation sites (tertiary alicyclic amines) is 4. The number of nitrogens with zero attached hydrogens (tertiary/aromatic N) is 6. The molecule has 0 aromatic rings. The maximum Gasteiger partial charge on any atom is 0.0241 e. The van der Waals surface area contributed by atoms with Crippen LogP contribution in [0.5, 0.6) is 0 Å². The molecule has 0 spiro atoms. The van der Waals surface area contributed by atoms with Crippen LogP contribution in [-0.2, 0) is 0 Å². The first-order valence-electron chi connectivity index (χ1n) is 34.2. The second-order valence-corrected chi connectivity index (χ2v) is 31.5. The van der Waals surface area contributed by atoms with Gasteiger partial charge in [0, 0.05) is 96.7 Å². The van der Waals surface area contributed by atoms with Gasteiger partial charge >= 0.3 is 0 Å². The van der Waals surface area contributed by atoms with Gasteiger partial charge in [0.1, 0.15) is 0 Å². The van der Waals surface area contributed by atoms with E-state index in [0.717, 1.165) is 132 Å². The van der Waals surface area contributed by atoms with E-state index >= 15 is 0 Å². The Morgan fingerprint density at radius 2 is 0.763 bits per heavy atom. The van der Waals surface area contributed by atoms with Crippen molar-refractivity contribution in [1.29, 1.82) is 0 Å². The SMILES string of the molecule is CC(C)N1CC2CC1(C(C)C)C2.CC(C)N1C[C@H]2CCC[C@@]1(C(C)C)C2.CC(C)[C@@H]1C2CCC(C2)N1C(C)C.CC(C)[C@@H]1C2CCC(CC2)N1C(C)C.CC(C)[C@@H]1CCCCN1C(C)C.CC(C)[C@@H]1CCCN1C(C)C. The Kier molecular flexibility index (Phi) is 25.7. The Balaban J connectivity index is 0.000000169. The maximum atomic E-state index is 2.82. The zero-order chi connectivity index (χ0) is 56.7. The third-order valence-electron chi connectivity index (χ3n) is 22.6. The summed E-state index contributed by atoms with van der Waals surface area (Å²) in [7, 11) is 0. The average molecular weight is 1060 g/mol. The smallest absolute Gasteiger partial charge is 0.0241 e. The average Bonchev–Trinajstić information content (AvgIpc) is 4.22. The van der Waals surface area contributed by atoms with Crippen molar-refractivity contribution in [3.05, 3.63) is 0 Å². The van der Waals surface area contributed by atoms with Crippen molar-refractivity contribution in [3.63, 3.8) is 0 Å². The Bertz CT molecular complexity index is 1530. The van der Waals surface area contributed by atoms with Crippen LogP contribution in [0.15, 0.2) is 0 Å². The molecule has 4 aliphatic carbocycles. The minimum absolute atomic E-state index is 0.567. The van der Waals surface area contributed by atoms with Crippen LogP contribution < -0.4 is 0 Å². The molecule has 0 aromatic heterocycles. The van der Waals surface area contributed by atoms with Gasteiger partial charge in [-0.1, -0.05) is 95.9 Å². The van der Waals surface area contributed by atoms with Crippen LogP contribution in [0.4, 0.5) is 0 Å². The summed E-state index contributed by atoms with van der Waals surface area (Å²) in [4.78, 5) is 16.5. The van der Waals surface area contributed by atoms with Crippen LogP contribution in [0.2, 0.25) is 0 Å². The van der Waals surface area contributed by atoms with Gasteiger partial charge < -0.3 is 0 Å². The lowest BCUT2D eigenvalue weighted by atomic mass is 9.67. The molecule has 448 valence electrons. The number of fused-ring (bicyclic) bond motifs is 8. The first-order chi connectivity index (χ1) is 35.6. The zero-order valence-electron chi connectivity index (χ0n) is 55.9. The lowest BCUT2D eigenvalue weighted by molar-refractivity contribution is -0.0536. The van der Waals surface area contributed by atoms with Gasteiger partial charge in [0.25, 0.3) is 0 Å². The van der Waals surface area contributed by atoms with Crippen LogP contribution >= 0.6 is 0 Å². The second kappa shape index (κ2) is 29.3. The summed E-state index contributed by atoms with van der Waals surface area (Å²) in [5.74, 6) is 9.09. The molecule has 8 aliphatic heterocycles. The summed E-state index contributed by atoms with van der Waals surface area (Å²) in [5.41, 5.74) is 1.18. The van der Waals surface area contributed by atoms with E-state index in [0.29, 0.717) is 11.1 Å². The summed E-state index contributed by atoms with van der Waals surface area (Å²) in [5, 5.41) is 0. The topological polar surface area (TPSA) is 19.4 Å². The monoisotopic (exact) mass is 1060 g/mol. The molecular formula is C70H138N6. The van der Waals surface area contributed by atoms with Crippen molar-refractivity contribution in [2.45, 2.75) is 365 Å². The van der Waals surface area contributed by atoms with Crippen molar-refractivity contribution in [1.82, 2.24) is 29.4 Å². The molecule has 8 heterocycles. The van der Waals surface area contributed by atoms with E-state index in [2.05, 4.69) is 196 Å². The van der Waals surface area contributed by atoms with Gasteiger partial charge in [-0.2, -0.15) is 0 Å². The molecule has 76 heavy (non-hydrogen) atoms. The number of piperidine rings is 4. The van der Waals surface area contributed by atoms with Crippen molar-refractivity contribution in [3.8, 4) is 0 Å². The van der Waals surface area contributed by atoms with Gasteiger partial charge in [0.15, 0.2) is 0 Å². The van der Waals surface area contributed by atoms with Gasteiger partial charge in [-0.3, -0.25) is 29.4 Å². The van der Waals surface area contributed by atoms with Gasteiger partial charge in [-0.25, -0.2) is 0 Å². The minimum Gasteiger partial charge on any atom is -0.298 e. The lowest BCUT2D eigenvalue weighted by Crippen LogP contribution is -2.59. The molecule has 8 bridgehead atoms. The van der Waals surface area contributed by atoms with E-state index in [1.54, 1.807) is 0 Å². The minimum atomic E-state index is 0.567. The van der Waals surface area contributed by atoms with Crippen LogP contribution in [0.25, 0.3) is 0 Å². The molecule has 8 saturated heterocycles. The standard InChI is InChI=1S/2C13H25N.C12H23N.C11H21N.C11H23N.C10H21N/c1-9(2)13-11-5-7-12(8-6-11)14(13)10(3)4;1-10(2)13-7-5-6-12(8-13)9-14(13)11(3)4;1-8(2)12-10-5-6-11(7-10)13(12)9(3)4;1-8(2)11-5-10(6-11)7-12(11)9(3)4;1-9(2)11-7-5-6-8-12(11)10(3)4;1-8(2)10-6-5-7-11(10)9(3)4/h9-13H,5-8H2,1-4H3;10-12H,5-9H2,1-4H3;8-12H,5-7H2,1-4H3;8-10H,5-7H2,1-4H3;9-11H,5-8H2,1-4H3;8-10H,5-7H2,1-4H3/t11?,12?,13-;12-,13-;10?,11?,12-;;11-;10-/m101.00/s1. The predicted octanol–water partition coefficient (Wildman–Crippen LogP) is 17.4. The van der Waals surface area contributed by atoms with Crippen molar-refractivity contribution >= 4 is 0 Å². The van der Waals surface area contributed by atoms with Crippen LogP contribution in [0.1, 0.15) is 282 Å². The molecule has 12 fully saturated rings. The summed E-state index contributed by atoms with van der Waals surface area (Å²) in [6.45, 7) is 62.1. The van der Waals surface area contributed by atoms with E-state index in [4.69, 9.17) is 0 Å². The number of hydrogen-bond acceptors (Lipinski definition) is 6. The third-order valence-corrected chi connectivity index (χ3v) is 22.6. The first kappa shape index (κ1) is 66.6. The van der Waals surface area contributed by atoms with Crippen molar-refractivity contribution in [2.24, 2.45) is 59.2 Å². The fourth-order valence-electron chi connectivity index (χ4n) is 19.3. The summed E-state index contributed by atoms with van der Waals surface area (Å²) in [6, 6.07) is 9.76. The normalized spacial score (nSPS) is 35.7. The molecule has 12 aliphatic rings. The Labute approximate surface area is 477 Å². The Hall–Kier alpha value is -0.240. The summed E-state index contributed by atoms with van der Waals surface area (Å²) < 4.78 is 0. The molecule has 0 N–H and O–H groups in total. The fraction of sp³-hybridized carbons (Fsp3) is 1.00. The highest BCUT2D eigenvalue weighted by atomic mass is 15.3. The van der Waals surface area contributed by atoms with E-state index in [1.165, 1.54) is 142 Å². The second-order valence-electron chi connectivity index (χ2n) is 31.5. The number of hydrogen-bond donors (Lipinski definition) is 0. The number of rotatable bonds is 12. The third kappa shape index (κ3) is 15.7. The predicted molar refractivity (Wildman–Crippen MR) is 336 cm³/mol. The van der Waals surface area contributed by atoms with Crippen molar-refractivity contribution in [2.75, 3.05) is 26.2 Å². The largest absolute Gasteiger partial charge is 0.298 e. The van der Waals surface area contributed by atoms with Crippen molar-refractivity contribution < 1.29 is 0 Å². The quantitative estimate of drug-likeness (QED) is 0.193. The highest BCUT2D eigenvalue weighted by molar-refractivity contribution is 5.12. The molecule has 6 nitrogen and oxygen atoms in total. The molecule has 6 heteroatoms. The van der Waals surface area contributed by atoms with Gasteiger partial charge in [-0.05, 0) is 258 Å². The molecule has 0 amide bonds. The Morgan fingerprint density at radius 3 is 1.17 bits per heavy atom. The van der Waals surface area contributed by atoms with Crippen LogP contribution in [0.3, 0.4) is 0 Å². The highest BCUT2D eigenvalue weighted by Gasteiger charge is 2.58. The molecular weight excluding hydrogens is 925 g/mol. The molecule has 8 atom stereocenters. The zero-order valence-corrected chi connectivity index (χ0v) is 55.9. The highest BCUT2D eigenvalue weighted by Crippen LogP contribution is 2.55. The van der Waals surface area contributed by atoms with Gasteiger partial charge in [-0.15, -0.1) is 0 Å².